The van der Waals surface area contributed by atoms with Crippen LogP contribution >= 0.6 is 0 Å². The number of rotatable bonds is 5. The highest BCUT2D eigenvalue weighted by Crippen LogP contribution is 2.30. The molecule has 1 N–H and O–H groups in total. The molecular formula is C15H14O6S. The number of benzene rings is 2. The van der Waals surface area contributed by atoms with Gasteiger partial charge in [-0.05, 0) is 36.8 Å². The van der Waals surface area contributed by atoms with E-state index in [0.717, 1.165) is 6.07 Å². The Morgan fingerprint density at radius 1 is 1.09 bits per heavy atom. The summed E-state index contributed by atoms with van der Waals surface area (Å²) in [6.07, 6.45) is 0. The number of carboxylic acid groups (broad SMARTS) is 1. The van der Waals surface area contributed by atoms with E-state index in [-0.39, 0.29) is 22.0 Å². The lowest BCUT2D eigenvalue weighted by Crippen LogP contribution is -2.13. The highest BCUT2D eigenvalue weighted by Gasteiger charge is 2.22. The van der Waals surface area contributed by atoms with Crippen LogP contribution < -0.4 is 8.92 Å². The summed E-state index contributed by atoms with van der Waals surface area (Å²) in [7, 11) is -2.78. The molecular weight excluding hydrogens is 308 g/mol. The van der Waals surface area contributed by atoms with Crippen molar-refractivity contribution in [1.29, 1.82) is 0 Å². The van der Waals surface area contributed by atoms with Crippen LogP contribution in [0.25, 0.3) is 0 Å². The fraction of sp³-hybridized carbons (Fsp3) is 0.133. The van der Waals surface area contributed by atoms with Crippen molar-refractivity contribution >= 4 is 16.1 Å². The first kappa shape index (κ1) is 15.8. The molecule has 0 unspecified atom stereocenters. The van der Waals surface area contributed by atoms with Crippen LogP contribution in [0, 0.1) is 6.92 Å². The van der Waals surface area contributed by atoms with Crippen molar-refractivity contribution in [2.75, 3.05) is 7.11 Å². The first-order valence-corrected chi connectivity index (χ1v) is 7.67. The average molecular weight is 322 g/mol. The number of ether oxygens (including phenoxy) is 1. The molecule has 0 radical (unpaired) electrons. The summed E-state index contributed by atoms with van der Waals surface area (Å²) in [5.74, 6) is -0.919. The normalized spacial score (nSPS) is 11.0. The van der Waals surface area contributed by atoms with Crippen molar-refractivity contribution in [2.45, 2.75) is 11.8 Å². The Morgan fingerprint density at radius 3 is 2.32 bits per heavy atom. The smallest absolute Gasteiger partial charge is 0.339 e. The highest BCUT2D eigenvalue weighted by atomic mass is 32.2. The van der Waals surface area contributed by atoms with Crippen LogP contribution in [0.15, 0.2) is 47.4 Å². The lowest BCUT2D eigenvalue weighted by Gasteiger charge is -2.12. The summed E-state index contributed by atoms with van der Waals surface area (Å²) >= 11 is 0. The zero-order valence-corrected chi connectivity index (χ0v) is 12.8. The number of hydrogen-bond acceptors (Lipinski definition) is 5. The van der Waals surface area contributed by atoms with Gasteiger partial charge in [0.05, 0.1) is 12.7 Å². The number of aromatic carboxylic acids is 1. The number of aryl methyl sites for hydroxylation is 1. The molecule has 0 saturated heterocycles. The zero-order chi connectivity index (χ0) is 16.3. The van der Waals surface area contributed by atoms with Crippen LogP contribution in [0.1, 0.15) is 15.9 Å². The largest absolute Gasteiger partial charge is 0.493 e. The minimum Gasteiger partial charge on any atom is -0.493 e. The Hall–Kier alpha value is -2.54. The maximum atomic E-state index is 12.4. The molecule has 7 heteroatoms. The van der Waals surface area contributed by atoms with Crippen molar-refractivity contribution in [3.05, 3.63) is 53.6 Å². The second-order valence-electron chi connectivity index (χ2n) is 4.47. The van der Waals surface area contributed by atoms with E-state index in [1.165, 1.54) is 25.3 Å². The van der Waals surface area contributed by atoms with Gasteiger partial charge in [0.1, 0.15) is 4.90 Å². The molecule has 0 amide bonds. The van der Waals surface area contributed by atoms with Crippen LogP contribution in [0.3, 0.4) is 0 Å². The average Bonchev–Trinajstić information content (AvgIpc) is 2.47. The molecule has 22 heavy (non-hydrogen) atoms. The first-order valence-electron chi connectivity index (χ1n) is 6.26. The minimum absolute atomic E-state index is 0.0325. The van der Waals surface area contributed by atoms with Crippen molar-refractivity contribution < 1.29 is 27.2 Å². The Morgan fingerprint density at radius 2 is 1.73 bits per heavy atom. The topological polar surface area (TPSA) is 89.9 Å². The van der Waals surface area contributed by atoms with E-state index >= 15 is 0 Å². The summed E-state index contributed by atoms with van der Waals surface area (Å²) in [5.41, 5.74) is 0.257. The van der Waals surface area contributed by atoms with E-state index in [1.54, 1.807) is 25.1 Å². The van der Waals surface area contributed by atoms with Gasteiger partial charge in [-0.2, -0.15) is 8.42 Å². The maximum Gasteiger partial charge on any atom is 0.339 e. The summed E-state index contributed by atoms with van der Waals surface area (Å²) in [5, 5.41) is 8.98. The van der Waals surface area contributed by atoms with E-state index in [2.05, 4.69) is 0 Å². The van der Waals surface area contributed by atoms with Crippen LogP contribution in [0.4, 0.5) is 0 Å². The van der Waals surface area contributed by atoms with Gasteiger partial charge in [-0.1, -0.05) is 18.2 Å². The second-order valence-corrected chi connectivity index (χ2v) is 5.99. The van der Waals surface area contributed by atoms with Crippen LogP contribution in [0.5, 0.6) is 11.5 Å². The molecule has 0 bridgehead atoms. The standard InChI is InChI=1S/C15H14O6S/c1-10-7-8-11(15(16)17)9-14(10)22(18,19)21-13-6-4-3-5-12(13)20-2/h3-9H,1-2H3,(H,16,17). The summed E-state index contributed by atoms with van der Waals surface area (Å²) in [4.78, 5) is 10.8. The fourth-order valence-electron chi connectivity index (χ4n) is 1.85. The Labute approximate surface area is 128 Å². The molecule has 116 valence electrons. The number of para-hydroxylation sites is 2. The highest BCUT2D eigenvalue weighted by molar-refractivity contribution is 7.87. The number of carbonyl (C=O) groups is 1. The van der Waals surface area contributed by atoms with Crippen LogP contribution in [0.2, 0.25) is 0 Å². The monoisotopic (exact) mass is 322 g/mol. The fourth-order valence-corrected chi connectivity index (χ4v) is 3.05. The third kappa shape index (κ3) is 3.20. The van der Waals surface area contributed by atoms with Gasteiger partial charge in [0.15, 0.2) is 11.5 Å². The molecule has 6 nitrogen and oxygen atoms in total. The summed E-state index contributed by atoms with van der Waals surface area (Å²) in [6, 6.07) is 10.1. The molecule has 0 aliphatic heterocycles. The number of methoxy groups -OCH3 is 1. The van der Waals surface area contributed by atoms with Crippen molar-refractivity contribution in [3.8, 4) is 11.5 Å². The summed E-state index contributed by atoms with van der Waals surface area (Å²) < 4.78 is 34.9. The van der Waals surface area contributed by atoms with Crippen molar-refractivity contribution in [1.82, 2.24) is 0 Å². The van der Waals surface area contributed by atoms with E-state index in [4.69, 9.17) is 14.0 Å². The van der Waals surface area contributed by atoms with Gasteiger partial charge in [-0.3, -0.25) is 0 Å². The van der Waals surface area contributed by atoms with Gasteiger partial charge in [0.25, 0.3) is 0 Å². The lowest BCUT2D eigenvalue weighted by molar-refractivity contribution is 0.0696. The van der Waals surface area contributed by atoms with Crippen molar-refractivity contribution in [3.63, 3.8) is 0 Å². The van der Waals surface area contributed by atoms with E-state index in [1.807, 2.05) is 0 Å². The maximum absolute atomic E-state index is 12.4. The first-order chi connectivity index (χ1) is 10.3. The molecule has 0 aliphatic rings. The van der Waals surface area contributed by atoms with Gasteiger partial charge < -0.3 is 14.0 Å². The molecule has 0 saturated carbocycles. The molecule has 2 rings (SSSR count). The number of carboxylic acids is 1. The van der Waals surface area contributed by atoms with Gasteiger partial charge in [-0.15, -0.1) is 0 Å². The molecule has 2 aromatic rings. The number of hydrogen-bond donors (Lipinski definition) is 1. The molecule has 0 fully saturated rings. The van der Waals surface area contributed by atoms with E-state index < -0.39 is 16.1 Å². The predicted octanol–water partition coefficient (Wildman–Crippen LogP) is 2.47. The Kier molecular flexibility index (Phi) is 4.37. The van der Waals surface area contributed by atoms with Crippen LogP contribution in [-0.2, 0) is 10.1 Å². The van der Waals surface area contributed by atoms with E-state index in [0.29, 0.717) is 5.56 Å². The Bertz CT molecular complexity index is 811. The van der Waals surface area contributed by atoms with Gasteiger partial charge in [0, 0.05) is 0 Å². The van der Waals surface area contributed by atoms with Gasteiger partial charge in [0.2, 0.25) is 0 Å². The molecule has 0 aromatic heterocycles. The van der Waals surface area contributed by atoms with Crippen molar-refractivity contribution in [2.24, 2.45) is 0 Å². The minimum atomic E-state index is -4.18. The zero-order valence-electron chi connectivity index (χ0n) is 11.9. The van der Waals surface area contributed by atoms with E-state index in [9.17, 15) is 13.2 Å². The van der Waals surface area contributed by atoms with Gasteiger partial charge >= 0.3 is 16.1 Å². The van der Waals surface area contributed by atoms with Crippen LogP contribution in [-0.4, -0.2) is 26.6 Å². The molecule has 0 atom stereocenters. The molecule has 0 heterocycles. The Balaban J connectivity index is 2.47. The lowest BCUT2D eigenvalue weighted by atomic mass is 10.1. The third-order valence-electron chi connectivity index (χ3n) is 2.97. The molecule has 0 spiro atoms. The molecule has 0 aliphatic carbocycles. The quantitative estimate of drug-likeness (QED) is 0.851. The third-order valence-corrected chi connectivity index (χ3v) is 4.35. The predicted molar refractivity (Wildman–Crippen MR) is 78.9 cm³/mol. The summed E-state index contributed by atoms with van der Waals surface area (Å²) in [6.45, 7) is 1.56. The molecule has 2 aromatic carbocycles. The second kappa shape index (κ2) is 6.07. The SMILES string of the molecule is COc1ccccc1OS(=O)(=O)c1cc(C(=O)O)ccc1C. The van der Waals surface area contributed by atoms with Gasteiger partial charge in [-0.25, -0.2) is 4.79 Å².